The van der Waals surface area contributed by atoms with Gasteiger partial charge in [0.1, 0.15) is 5.75 Å². The number of ether oxygens (including phenoxy) is 1. The first-order chi connectivity index (χ1) is 8.85. The van der Waals surface area contributed by atoms with Crippen LogP contribution in [0.4, 0.5) is 0 Å². The largest absolute Gasteiger partial charge is 0.497 e. The molecule has 0 spiro atoms. The van der Waals surface area contributed by atoms with E-state index < -0.39 is 0 Å². The summed E-state index contributed by atoms with van der Waals surface area (Å²) < 4.78 is 5.25. The van der Waals surface area contributed by atoms with Crippen LogP contribution < -0.4 is 4.74 Å². The average molecular weight is 246 g/mol. The first kappa shape index (κ1) is 13.5. The Morgan fingerprint density at radius 1 is 1.11 bits per heavy atom. The van der Waals surface area contributed by atoms with Crippen molar-refractivity contribution in [1.29, 1.82) is 0 Å². The molecule has 18 heavy (non-hydrogen) atoms. The van der Waals surface area contributed by atoms with Crippen LogP contribution in [0.2, 0.25) is 0 Å². The molecule has 1 heteroatoms. The first-order valence-electron chi connectivity index (χ1n) is 7.49. The SMILES string of the molecule is CCCC(c1ccc(OC)cc1)C1CCCCC1. The molecule has 1 atom stereocenters. The third kappa shape index (κ3) is 3.28. The van der Waals surface area contributed by atoms with Crippen LogP contribution in [0.25, 0.3) is 0 Å². The average Bonchev–Trinajstić information content (AvgIpc) is 2.46. The first-order valence-corrected chi connectivity index (χ1v) is 7.49. The normalized spacial score (nSPS) is 18.6. The minimum Gasteiger partial charge on any atom is -0.497 e. The summed E-state index contributed by atoms with van der Waals surface area (Å²) in [5.41, 5.74) is 1.52. The van der Waals surface area contributed by atoms with Crippen LogP contribution in [0.3, 0.4) is 0 Å². The Morgan fingerprint density at radius 3 is 2.33 bits per heavy atom. The van der Waals surface area contributed by atoms with E-state index in [1.54, 1.807) is 7.11 Å². The molecule has 0 aliphatic heterocycles. The monoisotopic (exact) mass is 246 g/mol. The van der Waals surface area contributed by atoms with Crippen molar-refractivity contribution in [2.24, 2.45) is 5.92 Å². The maximum atomic E-state index is 5.25. The van der Waals surface area contributed by atoms with E-state index in [-0.39, 0.29) is 0 Å². The minimum atomic E-state index is 0.765. The molecule has 1 unspecified atom stereocenters. The zero-order valence-electron chi connectivity index (χ0n) is 11.8. The highest BCUT2D eigenvalue weighted by atomic mass is 16.5. The van der Waals surface area contributed by atoms with Crippen molar-refractivity contribution in [3.63, 3.8) is 0 Å². The maximum Gasteiger partial charge on any atom is 0.118 e. The van der Waals surface area contributed by atoms with Gasteiger partial charge in [-0.1, -0.05) is 44.7 Å². The minimum absolute atomic E-state index is 0.765. The molecule has 1 aromatic rings. The Balaban J connectivity index is 2.11. The van der Waals surface area contributed by atoms with Crippen LogP contribution in [0.15, 0.2) is 24.3 Å². The summed E-state index contributed by atoms with van der Waals surface area (Å²) in [6, 6.07) is 8.77. The van der Waals surface area contributed by atoms with E-state index in [9.17, 15) is 0 Å². The van der Waals surface area contributed by atoms with Crippen LogP contribution >= 0.6 is 0 Å². The van der Waals surface area contributed by atoms with Gasteiger partial charge in [-0.15, -0.1) is 0 Å². The number of hydrogen-bond donors (Lipinski definition) is 0. The molecule has 1 aliphatic rings. The van der Waals surface area contributed by atoms with Gasteiger partial charge in [-0.2, -0.15) is 0 Å². The van der Waals surface area contributed by atoms with Gasteiger partial charge in [0.05, 0.1) is 7.11 Å². The lowest BCUT2D eigenvalue weighted by Crippen LogP contribution is -2.16. The second kappa shape index (κ2) is 6.82. The van der Waals surface area contributed by atoms with Gasteiger partial charge in [-0.25, -0.2) is 0 Å². The Labute approximate surface area is 112 Å². The summed E-state index contributed by atoms with van der Waals surface area (Å²) >= 11 is 0. The molecule has 0 amide bonds. The molecule has 0 heterocycles. The molecule has 0 saturated heterocycles. The summed E-state index contributed by atoms with van der Waals surface area (Å²) in [5.74, 6) is 2.64. The summed E-state index contributed by atoms with van der Waals surface area (Å²) in [5, 5.41) is 0. The van der Waals surface area contributed by atoms with E-state index >= 15 is 0 Å². The van der Waals surface area contributed by atoms with Gasteiger partial charge in [0, 0.05) is 0 Å². The predicted octanol–water partition coefficient (Wildman–Crippen LogP) is 5.16. The quantitative estimate of drug-likeness (QED) is 0.697. The molecule has 100 valence electrons. The lowest BCUT2D eigenvalue weighted by Gasteiger charge is -2.30. The second-order valence-electron chi connectivity index (χ2n) is 5.57. The van der Waals surface area contributed by atoms with Gasteiger partial charge in [0.2, 0.25) is 0 Å². The summed E-state index contributed by atoms with van der Waals surface area (Å²) in [6.45, 7) is 2.30. The number of methoxy groups -OCH3 is 1. The number of rotatable bonds is 5. The highest BCUT2D eigenvalue weighted by Gasteiger charge is 2.24. The Kier molecular flexibility index (Phi) is 5.10. The van der Waals surface area contributed by atoms with Crippen molar-refractivity contribution in [1.82, 2.24) is 0 Å². The van der Waals surface area contributed by atoms with E-state index in [0.717, 1.165) is 17.6 Å². The molecule has 0 radical (unpaired) electrons. The zero-order valence-corrected chi connectivity index (χ0v) is 11.8. The predicted molar refractivity (Wildman–Crippen MR) is 77.2 cm³/mol. The lowest BCUT2D eigenvalue weighted by atomic mass is 9.75. The fourth-order valence-electron chi connectivity index (χ4n) is 3.37. The van der Waals surface area contributed by atoms with Gasteiger partial charge in [0.25, 0.3) is 0 Å². The van der Waals surface area contributed by atoms with Crippen molar-refractivity contribution < 1.29 is 4.74 Å². The molecule has 0 aromatic heterocycles. The van der Waals surface area contributed by atoms with Crippen molar-refractivity contribution in [2.45, 2.75) is 57.8 Å². The smallest absolute Gasteiger partial charge is 0.118 e. The molecule has 1 nitrogen and oxygen atoms in total. The summed E-state index contributed by atoms with van der Waals surface area (Å²) in [6.07, 6.45) is 9.78. The molecular formula is C17H26O. The van der Waals surface area contributed by atoms with Gasteiger partial charge in [0.15, 0.2) is 0 Å². The molecular weight excluding hydrogens is 220 g/mol. The van der Waals surface area contributed by atoms with Crippen molar-refractivity contribution in [2.75, 3.05) is 7.11 Å². The summed E-state index contributed by atoms with van der Waals surface area (Å²) in [4.78, 5) is 0. The van der Waals surface area contributed by atoms with Crippen LogP contribution in [-0.4, -0.2) is 7.11 Å². The molecule has 1 aliphatic carbocycles. The molecule has 1 saturated carbocycles. The van der Waals surface area contributed by atoms with Crippen LogP contribution in [0.5, 0.6) is 5.75 Å². The molecule has 2 rings (SSSR count). The van der Waals surface area contributed by atoms with E-state index in [4.69, 9.17) is 4.74 Å². The Hall–Kier alpha value is -0.980. The molecule has 0 bridgehead atoms. The van der Waals surface area contributed by atoms with E-state index in [1.807, 2.05) is 0 Å². The van der Waals surface area contributed by atoms with Gasteiger partial charge < -0.3 is 4.74 Å². The lowest BCUT2D eigenvalue weighted by molar-refractivity contribution is 0.292. The second-order valence-corrected chi connectivity index (χ2v) is 5.57. The van der Waals surface area contributed by atoms with Gasteiger partial charge >= 0.3 is 0 Å². The topological polar surface area (TPSA) is 9.23 Å². The third-order valence-corrected chi connectivity index (χ3v) is 4.36. The van der Waals surface area contributed by atoms with Gasteiger partial charge in [-0.05, 0) is 48.8 Å². The van der Waals surface area contributed by atoms with Crippen LogP contribution in [-0.2, 0) is 0 Å². The number of benzene rings is 1. The van der Waals surface area contributed by atoms with Crippen molar-refractivity contribution >= 4 is 0 Å². The zero-order chi connectivity index (χ0) is 12.8. The van der Waals surface area contributed by atoms with E-state index in [0.29, 0.717) is 0 Å². The maximum absolute atomic E-state index is 5.25. The fourth-order valence-corrected chi connectivity index (χ4v) is 3.37. The summed E-state index contributed by atoms with van der Waals surface area (Å²) in [7, 11) is 1.74. The molecule has 0 N–H and O–H groups in total. The van der Waals surface area contributed by atoms with Gasteiger partial charge in [-0.3, -0.25) is 0 Å². The third-order valence-electron chi connectivity index (χ3n) is 4.36. The number of hydrogen-bond acceptors (Lipinski definition) is 1. The molecule has 1 fully saturated rings. The Bertz CT molecular complexity index is 335. The fraction of sp³-hybridized carbons (Fsp3) is 0.647. The van der Waals surface area contributed by atoms with Crippen LogP contribution in [0.1, 0.15) is 63.4 Å². The standard InChI is InChI=1S/C17H26O/c1-3-7-17(14-8-5-4-6-9-14)15-10-12-16(18-2)13-11-15/h10-14,17H,3-9H2,1-2H3. The Morgan fingerprint density at radius 2 is 1.78 bits per heavy atom. The van der Waals surface area contributed by atoms with E-state index in [1.165, 1.54) is 50.5 Å². The molecule has 1 aromatic carbocycles. The van der Waals surface area contributed by atoms with Crippen molar-refractivity contribution in [3.05, 3.63) is 29.8 Å². The highest BCUT2D eigenvalue weighted by molar-refractivity contribution is 5.29. The highest BCUT2D eigenvalue weighted by Crippen LogP contribution is 2.39. The van der Waals surface area contributed by atoms with Crippen molar-refractivity contribution in [3.8, 4) is 5.75 Å². The van der Waals surface area contributed by atoms with E-state index in [2.05, 4.69) is 31.2 Å². The van der Waals surface area contributed by atoms with Crippen LogP contribution in [0, 0.1) is 5.92 Å².